The number of furan rings is 1. The van der Waals surface area contributed by atoms with Gasteiger partial charge in [-0.1, -0.05) is 0 Å². The van der Waals surface area contributed by atoms with Crippen LogP contribution in [0.25, 0.3) is 0 Å². The van der Waals surface area contributed by atoms with E-state index < -0.39 is 0 Å². The van der Waals surface area contributed by atoms with Gasteiger partial charge in [-0.15, -0.1) is 0 Å². The number of nitrogens with zero attached hydrogens (tertiary/aromatic N) is 1. The second-order valence-electron chi connectivity index (χ2n) is 4.13. The molecule has 1 unspecified atom stereocenters. The first-order chi connectivity index (χ1) is 8.65. The van der Waals surface area contributed by atoms with Crippen LogP contribution in [-0.2, 0) is 6.42 Å². The molecule has 1 amide bonds. The molecule has 0 spiro atoms. The van der Waals surface area contributed by atoms with Gasteiger partial charge in [0.15, 0.2) is 0 Å². The van der Waals surface area contributed by atoms with Crippen LogP contribution >= 0.6 is 0 Å². The van der Waals surface area contributed by atoms with Crippen LogP contribution in [0.4, 0.5) is 5.69 Å². The number of amides is 1. The van der Waals surface area contributed by atoms with Crippen molar-refractivity contribution in [2.24, 2.45) is 0 Å². The van der Waals surface area contributed by atoms with Crippen molar-refractivity contribution in [2.45, 2.75) is 19.4 Å². The Labute approximate surface area is 105 Å². The summed E-state index contributed by atoms with van der Waals surface area (Å²) in [6, 6.07) is 6.86. The van der Waals surface area contributed by atoms with Gasteiger partial charge in [-0.25, -0.2) is 0 Å². The molecule has 3 N–H and O–H groups in total. The van der Waals surface area contributed by atoms with Gasteiger partial charge >= 0.3 is 0 Å². The molecule has 0 fully saturated rings. The van der Waals surface area contributed by atoms with E-state index in [9.17, 15) is 4.79 Å². The highest BCUT2D eigenvalue weighted by molar-refractivity contribution is 5.93. The van der Waals surface area contributed by atoms with E-state index in [0.717, 1.165) is 5.76 Å². The number of nitrogens with one attached hydrogen (secondary N) is 1. The second-order valence-corrected chi connectivity index (χ2v) is 4.13. The lowest BCUT2D eigenvalue weighted by molar-refractivity contribution is 0.0934. The van der Waals surface area contributed by atoms with Crippen LogP contribution in [0.2, 0.25) is 0 Å². The monoisotopic (exact) mass is 245 g/mol. The Bertz CT molecular complexity index is 523. The lowest BCUT2D eigenvalue weighted by atomic mass is 10.2. The summed E-state index contributed by atoms with van der Waals surface area (Å²) in [6.07, 6.45) is 3.77. The van der Waals surface area contributed by atoms with E-state index >= 15 is 0 Å². The van der Waals surface area contributed by atoms with Crippen LogP contribution in [0.15, 0.2) is 41.1 Å². The SMILES string of the molecule is CC(Cc1ccco1)NC(=O)c1cc(N)ccn1. The van der Waals surface area contributed by atoms with E-state index in [1.807, 2.05) is 19.1 Å². The van der Waals surface area contributed by atoms with Crippen molar-refractivity contribution in [1.29, 1.82) is 0 Å². The van der Waals surface area contributed by atoms with E-state index in [0.29, 0.717) is 17.8 Å². The van der Waals surface area contributed by atoms with Gasteiger partial charge in [0.25, 0.3) is 5.91 Å². The van der Waals surface area contributed by atoms with Gasteiger partial charge in [0.05, 0.1) is 6.26 Å². The Morgan fingerprint density at radius 3 is 3.06 bits per heavy atom. The van der Waals surface area contributed by atoms with E-state index in [1.54, 1.807) is 18.4 Å². The number of carbonyl (C=O) groups is 1. The highest BCUT2D eigenvalue weighted by Gasteiger charge is 2.12. The van der Waals surface area contributed by atoms with Crippen molar-refractivity contribution in [3.63, 3.8) is 0 Å². The maximum absolute atomic E-state index is 11.9. The fourth-order valence-electron chi connectivity index (χ4n) is 1.65. The fraction of sp³-hybridized carbons (Fsp3) is 0.231. The van der Waals surface area contributed by atoms with Crippen molar-refractivity contribution < 1.29 is 9.21 Å². The van der Waals surface area contributed by atoms with Crippen LogP contribution < -0.4 is 11.1 Å². The van der Waals surface area contributed by atoms with E-state index in [1.165, 1.54) is 6.20 Å². The number of hydrogen-bond acceptors (Lipinski definition) is 4. The van der Waals surface area contributed by atoms with Gasteiger partial charge in [0.1, 0.15) is 11.5 Å². The Balaban J connectivity index is 1.95. The molecule has 0 aliphatic carbocycles. The third kappa shape index (κ3) is 3.10. The lowest BCUT2D eigenvalue weighted by Gasteiger charge is -2.12. The molecule has 1 atom stereocenters. The number of nitrogens with two attached hydrogens (primary N) is 1. The molecule has 2 heterocycles. The average molecular weight is 245 g/mol. The smallest absolute Gasteiger partial charge is 0.270 e. The Kier molecular flexibility index (Phi) is 3.62. The van der Waals surface area contributed by atoms with Crippen LogP contribution in [0, 0.1) is 0 Å². The molecule has 94 valence electrons. The average Bonchev–Trinajstić information content (AvgIpc) is 2.81. The Morgan fingerprint density at radius 1 is 1.56 bits per heavy atom. The molecule has 0 saturated heterocycles. The highest BCUT2D eigenvalue weighted by Crippen LogP contribution is 2.06. The number of rotatable bonds is 4. The van der Waals surface area contributed by atoms with Gasteiger partial charge in [0.2, 0.25) is 0 Å². The molecular weight excluding hydrogens is 230 g/mol. The minimum atomic E-state index is -0.235. The molecule has 0 bridgehead atoms. The normalized spacial score (nSPS) is 12.1. The molecule has 5 heteroatoms. The van der Waals surface area contributed by atoms with Crippen molar-refractivity contribution >= 4 is 11.6 Å². The van der Waals surface area contributed by atoms with Crippen LogP contribution in [0.5, 0.6) is 0 Å². The predicted octanol–water partition coefficient (Wildman–Crippen LogP) is 1.62. The zero-order valence-corrected chi connectivity index (χ0v) is 10.1. The van der Waals surface area contributed by atoms with Gasteiger partial charge < -0.3 is 15.5 Å². The van der Waals surface area contributed by atoms with Gasteiger partial charge in [-0.3, -0.25) is 9.78 Å². The number of nitrogen functional groups attached to an aromatic ring is 1. The van der Waals surface area contributed by atoms with Gasteiger partial charge in [-0.2, -0.15) is 0 Å². The maximum Gasteiger partial charge on any atom is 0.270 e. The summed E-state index contributed by atoms with van der Waals surface area (Å²) >= 11 is 0. The van der Waals surface area contributed by atoms with Crippen LogP contribution in [0.1, 0.15) is 23.2 Å². The predicted molar refractivity (Wildman–Crippen MR) is 68.0 cm³/mol. The van der Waals surface area contributed by atoms with Crippen molar-refractivity contribution in [3.8, 4) is 0 Å². The van der Waals surface area contributed by atoms with E-state index in [2.05, 4.69) is 10.3 Å². The maximum atomic E-state index is 11.9. The zero-order chi connectivity index (χ0) is 13.0. The molecule has 2 aromatic rings. The summed E-state index contributed by atoms with van der Waals surface area (Å²) in [5, 5.41) is 2.84. The Morgan fingerprint density at radius 2 is 2.39 bits per heavy atom. The molecule has 0 aliphatic rings. The van der Waals surface area contributed by atoms with Crippen LogP contribution in [0.3, 0.4) is 0 Å². The number of aromatic nitrogens is 1. The third-order valence-corrected chi connectivity index (χ3v) is 2.48. The largest absolute Gasteiger partial charge is 0.469 e. The number of pyridine rings is 1. The first-order valence-corrected chi connectivity index (χ1v) is 5.70. The van der Waals surface area contributed by atoms with E-state index in [4.69, 9.17) is 10.2 Å². The summed E-state index contributed by atoms with van der Waals surface area (Å²) in [4.78, 5) is 15.9. The fourth-order valence-corrected chi connectivity index (χ4v) is 1.65. The summed E-state index contributed by atoms with van der Waals surface area (Å²) in [6.45, 7) is 1.91. The molecule has 2 aromatic heterocycles. The molecule has 2 rings (SSSR count). The Hall–Kier alpha value is -2.30. The topological polar surface area (TPSA) is 81.2 Å². The minimum Gasteiger partial charge on any atom is -0.469 e. The summed E-state index contributed by atoms with van der Waals surface area (Å²) in [5.41, 5.74) is 6.44. The minimum absolute atomic E-state index is 0.0353. The van der Waals surface area contributed by atoms with Gasteiger partial charge in [0, 0.05) is 24.3 Å². The lowest BCUT2D eigenvalue weighted by Crippen LogP contribution is -2.34. The highest BCUT2D eigenvalue weighted by atomic mass is 16.3. The van der Waals surface area contributed by atoms with Crippen molar-refractivity contribution in [1.82, 2.24) is 10.3 Å². The standard InChI is InChI=1S/C13H15N3O2/c1-9(7-11-3-2-6-18-11)16-13(17)12-8-10(14)4-5-15-12/h2-6,8-9H,7H2,1H3,(H2,14,15)(H,16,17). The summed E-state index contributed by atoms with van der Waals surface area (Å²) in [7, 11) is 0. The van der Waals surface area contributed by atoms with E-state index in [-0.39, 0.29) is 11.9 Å². The third-order valence-electron chi connectivity index (χ3n) is 2.48. The van der Waals surface area contributed by atoms with Crippen LogP contribution in [-0.4, -0.2) is 16.9 Å². The quantitative estimate of drug-likeness (QED) is 0.857. The molecule has 5 nitrogen and oxygen atoms in total. The first kappa shape index (κ1) is 12.2. The zero-order valence-electron chi connectivity index (χ0n) is 10.1. The molecule has 18 heavy (non-hydrogen) atoms. The molecular formula is C13H15N3O2. The number of anilines is 1. The molecule has 0 saturated carbocycles. The second kappa shape index (κ2) is 5.35. The number of carbonyl (C=O) groups excluding carboxylic acids is 1. The van der Waals surface area contributed by atoms with Crippen molar-refractivity contribution in [2.75, 3.05) is 5.73 Å². The molecule has 0 radical (unpaired) electrons. The summed E-state index contributed by atoms with van der Waals surface area (Å²) < 4.78 is 5.22. The molecule has 0 aromatic carbocycles. The first-order valence-electron chi connectivity index (χ1n) is 5.70. The number of hydrogen-bond donors (Lipinski definition) is 2. The summed E-state index contributed by atoms with van der Waals surface area (Å²) in [5.74, 6) is 0.602. The van der Waals surface area contributed by atoms with Crippen molar-refractivity contribution in [3.05, 3.63) is 48.2 Å². The van der Waals surface area contributed by atoms with Gasteiger partial charge in [-0.05, 0) is 31.2 Å². The molecule has 0 aliphatic heterocycles.